The van der Waals surface area contributed by atoms with Gasteiger partial charge in [0.25, 0.3) is 0 Å². The van der Waals surface area contributed by atoms with Crippen molar-refractivity contribution < 1.29 is 42.9 Å². The van der Waals surface area contributed by atoms with Crippen molar-refractivity contribution in [1.29, 1.82) is 0 Å². The van der Waals surface area contributed by atoms with Gasteiger partial charge in [0.05, 0.1) is 29.7 Å². The fraction of sp³-hybridized carbons (Fsp3) is 0.385. The molecule has 2 aliphatic heterocycles. The largest absolute Gasteiger partial charge is 0.448 e. The summed E-state index contributed by atoms with van der Waals surface area (Å²) in [5.41, 5.74) is 0.387. The highest BCUT2D eigenvalue weighted by atomic mass is 16.7. The third kappa shape index (κ3) is 5.36. The molecule has 1 fully saturated rings. The normalized spacial score (nSPS) is 19.6. The molecule has 0 spiro atoms. The van der Waals surface area contributed by atoms with Crippen LogP contribution < -0.4 is 10.1 Å². The monoisotopic (exact) mass is 512 g/mol. The number of fused-ring (bicyclic) bond motifs is 1. The number of ether oxygens (including phenoxy) is 3. The van der Waals surface area contributed by atoms with Gasteiger partial charge in [-0.15, -0.1) is 0 Å². The quantitative estimate of drug-likeness (QED) is 0.324. The number of β-lactam (4-membered cyclic amide) rings is 1. The van der Waals surface area contributed by atoms with E-state index in [1.165, 1.54) is 18.1 Å². The van der Waals surface area contributed by atoms with Crippen LogP contribution >= 0.6 is 0 Å². The van der Waals surface area contributed by atoms with Gasteiger partial charge in [0.15, 0.2) is 0 Å². The lowest BCUT2D eigenvalue weighted by molar-refractivity contribution is -0.175. The number of aliphatic hydroxyl groups is 1. The molecule has 1 saturated heterocycles. The number of aliphatic hydroxyl groups excluding tert-OH is 1. The molecule has 3 heterocycles. The number of nitrogens with zero attached hydrogens (tertiary/aromatic N) is 1. The molecule has 0 unspecified atom stereocenters. The number of furan rings is 1. The standard InChI is InChI=1S/C26H28N2O9/c1-14(29)20-18-12-17(15-7-9-16(10-8-15)37-25(33)27-19-6-5-11-34-19)21(28(18)22(20)30)23(31)35-13-36-24(32)26(2,3)4/h5-11,14,18,20,29H,12-13H2,1-4H3,(H,27,33)/t14-,18-,20-/m1/s1. The van der Waals surface area contributed by atoms with Gasteiger partial charge in [-0.3, -0.25) is 14.9 Å². The summed E-state index contributed by atoms with van der Waals surface area (Å²) in [4.78, 5) is 51.1. The number of amides is 2. The van der Waals surface area contributed by atoms with Crippen molar-refractivity contribution in [3.8, 4) is 5.75 Å². The Hall–Kier alpha value is -4.12. The fourth-order valence-electron chi connectivity index (χ4n) is 4.24. The van der Waals surface area contributed by atoms with Crippen LogP contribution in [0.15, 0.2) is 52.8 Å². The number of esters is 2. The number of benzene rings is 1. The maximum absolute atomic E-state index is 13.0. The Morgan fingerprint density at radius 1 is 1.16 bits per heavy atom. The molecule has 4 rings (SSSR count). The van der Waals surface area contributed by atoms with E-state index < -0.39 is 48.3 Å². The molecule has 1 aromatic carbocycles. The smallest absolute Gasteiger partial charge is 0.419 e. The molecule has 0 aliphatic carbocycles. The number of hydrogen-bond donors (Lipinski definition) is 2. The van der Waals surface area contributed by atoms with E-state index in [2.05, 4.69) is 5.32 Å². The van der Waals surface area contributed by atoms with E-state index in [1.807, 2.05) is 0 Å². The van der Waals surface area contributed by atoms with Gasteiger partial charge in [0.1, 0.15) is 11.4 Å². The number of anilines is 1. The number of nitrogens with one attached hydrogen (secondary N) is 1. The first kappa shape index (κ1) is 26.0. The predicted octanol–water partition coefficient (Wildman–Crippen LogP) is 3.30. The summed E-state index contributed by atoms with van der Waals surface area (Å²) in [6.07, 6.45) is 0.0903. The Morgan fingerprint density at radius 2 is 1.86 bits per heavy atom. The van der Waals surface area contributed by atoms with E-state index in [0.29, 0.717) is 17.6 Å². The van der Waals surface area contributed by atoms with Crippen LogP contribution in [0.2, 0.25) is 0 Å². The molecule has 0 radical (unpaired) electrons. The van der Waals surface area contributed by atoms with Crippen molar-refractivity contribution in [2.24, 2.45) is 11.3 Å². The second-order valence-corrected chi connectivity index (χ2v) is 9.82. The predicted molar refractivity (Wildman–Crippen MR) is 129 cm³/mol. The summed E-state index contributed by atoms with van der Waals surface area (Å²) in [5.74, 6) is -1.92. The maximum Gasteiger partial charge on any atom is 0.419 e. The molecule has 2 N–H and O–H groups in total. The molecule has 0 saturated carbocycles. The molecule has 196 valence electrons. The van der Waals surface area contributed by atoms with Crippen LogP contribution in [0.3, 0.4) is 0 Å². The molecule has 3 atom stereocenters. The zero-order chi connectivity index (χ0) is 26.9. The minimum atomic E-state index is -0.887. The van der Waals surface area contributed by atoms with Crippen molar-refractivity contribution in [2.45, 2.75) is 46.3 Å². The highest BCUT2D eigenvalue weighted by molar-refractivity contribution is 6.06. The maximum atomic E-state index is 13.0. The third-order valence-electron chi connectivity index (χ3n) is 6.07. The number of rotatable bonds is 7. The lowest BCUT2D eigenvalue weighted by atomic mass is 9.82. The van der Waals surface area contributed by atoms with Crippen LogP contribution in [0, 0.1) is 11.3 Å². The molecule has 37 heavy (non-hydrogen) atoms. The van der Waals surface area contributed by atoms with E-state index in [0.717, 1.165) is 0 Å². The summed E-state index contributed by atoms with van der Waals surface area (Å²) in [6.45, 7) is 5.93. The molecule has 2 amide bonds. The average Bonchev–Trinajstić information content (AvgIpc) is 3.44. The zero-order valence-corrected chi connectivity index (χ0v) is 20.8. The fourth-order valence-corrected chi connectivity index (χ4v) is 4.24. The third-order valence-corrected chi connectivity index (χ3v) is 6.07. The first-order valence-corrected chi connectivity index (χ1v) is 11.7. The second kappa shape index (κ2) is 10.1. The average molecular weight is 513 g/mol. The summed E-state index contributed by atoms with van der Waals surface area (Å²) in [7, 11) is 0. The molecule has 11 heteroatoms. The Kier molecular flexibility index (Phi) is 7.08. The number of hydrogen-bond acceptors (Lipinski definition) is 9. The van der Waals surface area contributed by atoms with Gasteiger partial charge in [-0.2, -0.15) is 0 Å². The van der Waals surface area contributed by atoms with Crippen molar-refractivity contribution in [2.75, 3.05) is 12.1 Å². The summed E-state index contributed by atoms with van der Waals surface area (Å²) in [6, 6.07) is 9.15. The molecule has 1 aromatic heterocycles. The van der Waals surface area contributed by atoms with Crippen LogP contribution in [0.4, 0.5) is 10.7 Å². The lowest BCUT2D eigenvalue weighted by Gasteiger charge is -2.44. The van der Waals surface area contributed by atoms with Crippen LogP contribution in [0.25, 0.3) is 5.57 Å². The topological polar surface area (TPSA) is 145 Å². The van der Waals surface area contributed by atoms with E-state index in [9.17, 15) is 24.3 Å². The van der Waals surface area contributed by atoms with Gasteiger partial charge < -0.3 is 28.6 Å². The van der Waals surface area contributed by atoms with E-state index in [-0.39, 0.29) is 23.2 Å². The second-order valence-electron chi connectivity index (χ2n) is 9.82. The van der Waals surface area contributed by atoms with Gasteiger partial charge in [0, 0.05) is 6.07 Å². The van der Waals surface area contributed by atoms with E-state index in [4.69, 9.17) is 18.6 Å². The first-order chi connectivity index (χ1) is 17.5. The molecular formula is C26H28N2O9. The molecular weight excluding hydrogens is 484 g/mol. The Morgan fingerprint density at radius 3 is 2.46 bits per heavy atom. The van der Waals surface area contributed by atoms with Gasteiger partial charge in [0.2, 0.25) is 18.6 Å². The Balaban J connectivity index is 1.51. The van der Waals surface area contributed by atoms with E-state index >= 15 is 0 Å². The van der Waals surface area contributed by atoms with Crippen molar-refractivity contribution >= 4 is 35.4 Å². The first-order valence-electron chi connectivity index (χ1n) is 11.7. The molecule has 0 bridgehead atoms. The summed E-state index contributed by atoms with van der Waals surface area (Å²) < 4.78 is 20.5. The van der Waals surface area contributed by atoms with Crippen molar-refractivity contribution in [1.82, 2.24) is 4.90 Å². The highest BCUT2D eigenvalue weighted by Gasteiger charge is 2.57. The molecule has 11 nitrogen and oxygen atoms in total. The molecule has 2 aliphatic rings. The van der Waals surface area contributed by atoms with Gasteiger partial charge >= 0.3 is 18.0 Å². The Labute approximate surface area is 213 Å². The van der Waals surface area contributed by atoms with Crippen molar-refractivity contribution in [3.63, 3.8) is 0 Å². The summed E-state index contributed by atoms with van der Waals surface area (Å²) in [5, 5.41) is 12.5. The summed E-state index contributed by atoms with van der Waals surface area (Å²) >= 11 is 0. The van der Waals surface area contributed by atoms with Crippen LogP contribution in [-0.4, -0.2) is 52.9 Å². The van der Waals surface area contributed by atoms with Gasteiger partial charge in [-0.05, 0) is 63.5 Å². The number of carbonyl (C=O) groups excluding carboxylic acids is 4. The van der Waals surface area contributed by atoms with Crippen molar-refractivity contribution in [3.05, 3.63) is 53.9 Å². The zero-order valence-electron chi connectivity index (χ0n) is 20.8. The van der Waals surface area contributed by atoms with E-state index in [1.54, 1.807) is 57.2 Å². The minimum absolute atomic E-state index is 0.0305. The Bertz CT molecular complexity index is 1220. The van der Waals surface area contributed by atoms with Crippen LogP contribution in [-0.2, 0) is 23.9 Å². The van der Waals surface area contributed by atoms with Gasteiger partial charge in [-0.25, -0.2) is 9.59 Å². The van der Waals surface area contributed by atoms with Gasteiger partial charge in [-0.1, -0.05) is 12.1 Å². The molecule has 2 aromatic rings. The minimum Gasteiger partial charge on any atom is -0.448 e. The van der Waals surface area contributed by atoms with Crippen LogP contribution in [0.1, 0.15) is 39.7 Å². The van der Waals surface area contributed by atoms with Crippen LogP contribution in [0.5, 0.6) is 5.75 Å². The lowest BCUT2D eigenvalue weighted by Crippen LogP contribution is -2.61. The number of carbonyl (C=O) groups is 4. The SMILES string of the molecule is C[C@@H](O)[C@H]1C(=O)N2C(C(=O)OCOC(=O)C(C)(C)C)=C(c3ccc(OC(=O)Nc4ccco4)cc3)C[C@H]12. The highest BCUT2D eigenvalue weighted by Crippen LogP contribution is 2.47.